The Balaban J connectivity index is 1.65. The number of phenolic OH excluding ortho intramolecular Hbond substituents is 1. The third-order valence-corrected chi connectivity index (χ3v) is 5.86. The number of hydrogen-bond donors (Lipinski definition) is 2. The van der Waals surface area contributed by atoms with E-state index in [4.69, 9.17) is 0 Å². The van der Waals surface area contributed by atoms with Gasteiger partial charge in [0.1, 0.15) is 11.6 Å². The van der Waals surface area contributed by atoms with Gasteiger partial charge in [-0.05, 0) is 57.1 Å². The maximum atomic E-state index is 14.1. The molecule has 4 nitrogen and oxygen atoms in total. The van der Waals surface area contributed by atoms with Crippen LogP contribution in [-0.4, -0.2) is 42.6 Å². The van der Waals surface area contributed by atoms with E-state index in [1.165, 1.54) is 6.07 Å². The second kappa shape index (κ2) is 7.76. The zero-order valence-corrected chi connectivity index (χ0v) is 16.8. The topological polar surface area (TPSA) is 52.6 Å². The minimum Gasteiger partial charge on any atom is -0.508 e. The van der Waals surface area contributed by atoms with E-state index in [2.05, 4.69) is 12.2 Å². The van der Waals surface area contributed by atoms with Gasteiger partial charge in [-0.1, -0.05) is 36.4 Å². The molecule has 1 amide bonds. The molecule has 0 radical (unpaired) electrons. The summed E-state index contributed by atoms with van der Waals surface area (Å²) in [5.41, 5.74) is 3.23. The number of aromatic hydroxyl groups is 1. The third kappa shape index (κ3) is 3.80. The Morgan fingerprint density at radius 2 is 1.89 bits per heavy atom. The number of likely N-dealkylation sites (N-methyl/N-ethyl adjacent to an activating group) is 1. The van der Waals surface area contributed by atoms with Gasteiger partial charge < -0.3 is 15.3 Å². The lowest BCUT2D eigenvalue weighted by molar-refractivity contribution is -0.117. The molecule has 0 fully saturated rings. The molecule has 1 aliphatic carbocycles. The summed E-state index contributed by atoms with van der Waals surface area (Å²) in [6.07, 6.45) is 0.438. The highest BCUT2D eigenvalue weighted by Crippen LogP contribution is 2.53. The largest absolute Gasteiger partial charge is 0.508 e. The lowest BCUT2D eigenvalue weighted by Gasteiger charge is -2.25. The summed E-state index contributed by atoms with van der Waals surface area (Å²) in [4.78, 5) is 14.8. The maximum absolute atomic E-state index is 14.1. The molecule has 2 atom stereocenters. The first-order chi connectivity index (χ1) is 13.2. The number of halogens is 1. The molecule has 2 aromatic rings. The molecule has 2 aromatic carbocycles. The average molecular weight is 382 g/mol. The predicted octanol–water partition coefficient (Wildman–Crippen LogP) is 3.41. The van der Waals surface area contributed by atoms with Crippen molar-refractivity contribution in [2.24, 2.45) is 0 Å². The highest BCUT2D eigenvalue weighted by molar-refractivity contribution is 6.04. The summed E-state index contributed by atoms with van der Waals surface area (Å²) >= 11 is 0. The summed E-state index contributed by atoms with van der Waals surface area (Å²) in [6, 6.07) is 14.1. The molecule has 0 saturated heterocycles. The Kier molecular flexibility index (Phi) is 5.57. The van der Waals surface area contributed by atoms with Gasteiger partial charge in [0, 0.05) is 29.6 Å². The van der Waals surface area contributed by atoms with Crippen molar-refractivity contribution in [1.29, 1.82) is 0 Å². The second-order valence-corrected chi connectivity index (χ2v) is 7.80. The third-order valence-electron chi connectivity index (χ3n) is 5.86. The first-order valence-electron chi connectivity index (χ1n) is 9.44. The minimum absolute atomic E-state index is 0.0642. The summed E-state index contributed by atoms with van der Waals surface area (Å²) in [5.74, 6) is -0.593. The fraction of sp³-hybridized carbons (Fsp3) is 0.348. The van der Waals surface area contributed by atoms with Crippen molar-refractivity contribution < 1.29 is 14.3 Å². The van der Waals surface area contributed by atoms with Crippen LogP contribution in [0.25, 0.3) is 0 Å². The number of carbonyl (C=O) groups excluding carboxylic acids is 1. The van der Waals surface area contributed by atoms with E-state index < -0.39 is 5.82 Å². The number of carbonyl (C=O) groups is 1. The van der Waals surface area contributed by atoms with Crippen molar-refractivity contribution in [3.8, 4) is 5.75 Å². The zero-order valence-electron chi connectivity index (χ0n) is 16.8. The van der Waals surface area contributed by atoms with Crippen LogP contribution in [0.2, 0.25) is 0 Å². The van der Waals surface area contributed by atoms with Gasteiger partial charge >= 0.3 is 0 Å². The van der Waals surface area contributed by atoms with Crippen molar-refractivity contribution in [2.45, 2.75) is 31.7 Å². The van der Waals surface area contributed by atoms with E-state index in [-0.39, 0.29) is 23.1 Å². The molecule has 0 spiro atoms. The number of phenols is 1. The van der Waals surface area contributed by atoms with Gasteiger partial charge in [0.2, 0.25) is 5.91 Å². The van der Waals surface area contributed by atoms with Crippen LogP contribution >= 0.6 is 0 Å². The standard InChI is InChI=1S/C23H27FN2O2/c1-15-21(23(15,2)17-8-6-5-7-9-17)22(28)25-14-18(26(3)4)12-16-10-11-19(27)13-20(16)24/h5-11,13,18,27H,12,14H2,1-4H3,(H,25,28)/t18-,23-/m0/s1. The van der Waals surface area contributed by atoms with Gasteiger partial charge in [-0.25, -0.2) is 4.39 Å². The molecule has 0 aromatic heterocycles. The van der Waals surface area contributed by atoms with Crippen molar-refractivity contribution >= 4 is 5.91 Å². The molecule has 0 aliphatic heterocycles. The van der Waals surface area contributed by atoms with Crippen molar-refractivity contribution in [3.05, 3.63) is 76.6 Å². The smallest absolute Gasteiger partial charge is 0.248 e. The van der Waals surface area contributed by atoms with Crippen LogP contribution in [0.3, 0.4) is 0 Å². The van der Waals surface area contributed by atoms with Gasteiger partial charge in [0.25, 0.3) is 0 Å². The van der Waals surface area contributed by atoms with E-state index in [1.807, 2.05) is 56.3 Å². The zero-order chi connectivity index (χ0) is 20.5. The van der Waals surface area contributed by atoms with Crippen LogP contribution in [0.5, 0.6) is 5.75 Å². The molecule has 1 aliphatic rings. The van der Waals surface area contributed by atoms with Crippen LogP contribution in [-0.2, 0) is 16.6 Å². The summed E-state index contributed by atoms with van der Waals surface area (Å²) in [5, 5.41) is 12.4. The quantitative estimate of drug-likeness (QED) is 0.772. The average Bonchev–Trinajstić information content (AvgIpc) is 3.22. The monoisotopic (exact) mass is 382 g/mol. The predicted molar refractivity (Wildman–Crippen MR) is 109 cm³/mol. The Bertz CT molecular complexity index is 908. The Hall–Kier alpha value is -2.66. The number of nitrogens with zero attached hydrogens (tertiary/aromatic N) is 1. The van der Waals surface area contributed by atoms with Gasteiger partial charge in [-0.15, -0.1) is 0 Å². The molecule has 0 bridgehead atoms. The highest BCUT2D eigenvalue weighted by atomic mass is 19.1. The molecule has 5 heteroatoms. The molecule has 0 saturated carbocycles. The number of benzene rings is 2. The van der Waals surface area contributed by atoms with E-state index in [0.717, 1.165) is 22.8 Å². The molecule has 28 heavy (non-hydrogen) atoms. The Labute approximate surface area is 165 Å². The van der Waals surface area contributed by atoms with Crippen LogP contribution in [0.4, 0.5) is 4.39 Å². The first-order valence-corrected chi connectivity index (χ1v) is 9.44. The molecule has 2 N–H and O–H groups in total. The molecular weight excluding hydrogens is 355 g/mol. The second-order valence-electron chi connectivity index (χ2n) is 7.80. The fourth-order valence-corrected chi connectivity index (χ4v) is 3.75. The van der Waals surface area contributed by atoms with Gasteiger partial charge in [-0.2, -0.15) is 0 Å². The number of hydrogen-bond acceptors (Lipinski definition) is 3. The Morgan fingerprint density at radius 3 is 2.50 bits per heavy atom. The summed E-state index contributed by atoms with van der Waals surface area (Å²) in [7, 11) is 3.82. The number of amides is 1. The molecule has 0 heterocycles. The highest BCUT2D eigenvalue weighted by Gasteiger charge is 2.51. The molecular formula is C23H27FN2O2. The fourth-order valence-electron chi connectivity index (χ4n) is 3.75. The lowest BCUT2D eigenvalue weighted by atomic mass is 9.90. The van der Waals surface area contributed by atoms with Gasteiger partial charge in [0.15, 0.2) is 0 Å². The summed E-state index contributed by atoms with van der Waals surface area (Å²) < 4.78 is 14.1. The van der Waals surface area contributed by atoms with E-state index in [9.17, 15) is 14.3 Å². The number of allylic oxidation sites excluding steroid dienone is 1. The van der Waals surface area contributed by atoms with Crippen molar-refractivity contribution in [3.63, 3.8) is 0 Å². The van der Waals surface area contributed by atoms with E-state index >= 15 is 0 Å². The van der Waals surface area contributed by atoms with Crippen LogP contribution in [0, 0.1) is 5.82 Å². The van der Waals surface area contributed by atoms with Gasteiger partial charge in [-0.3, -0.25) is 4.79 Å². The maximum Gasteiger partial charge on any atom is 0.248 e. The van der Waals surface area contributed by atoms with Crippen LogP contribution < -0.4 is 5.32 Å². The van der Waals surface area contributed by atoms with Gasteiger partial charge in [0.05, 0.1) is 0 Å². The normalized spacial score (nSPS) is 19.6. The molecule has 148 valence electrons. The minimum atomic E-state index is -0.435. The summed E-state index contributed by atoms with van der Waals surface area (Å²) in [6.45, 7) is 4.48. The van der Waals surface area contributed by atoms with Crippen LogP contribution in [0.15, 0.2) is 59.7 Å². The number of nitrogens with one attached hydrogen (secondary N) is 1. The van der Waals surface area contributed by atoms with Crippen LogP contribution in [0.1, 0.15) is 25.0 Å². The van der Waals surface area contributed by atoms with E-state index in [1.54, 1.807) is 6.07 Å². The van der Waals surface area contributed by atoms with E-state index in [0.29, 0.717) is 18.5 Å². The number of rotatable bonds is 7. The first kappa shape index (κ1) is 20.1. The molecule has 3 rings (SSSR count). The lowest BCUT2D eigenvalue weighted by Crippen LogP contribution is -2.42. The Morgan fingerprint density at radius 1 is 1.21 bits per heavy atom. The van der Waals surface area contributed by atoms with Crippen molar-refractivity contribution in [1.82, 2.24) is 10.2 Å². The molecule has 0 unspecified atom stereocenters. The SMILES string of the molecule is CC1=C(C(=O)NC[C@H](Cc2ccc(O)cc2F)N(C)C)[C@]1(C)c1ccccc1. The van der Waals surface area contributed by atoms with Crippen molar-refractivity contribution in [2.75, 3.05) is 20.6 Å².